The molecule has 1 aliphatic rings. The normalized spacial score (nSPS) is 24.4. The van der Waals surface area contributed by atoms with Gasteiger partial charge in [-0.05, 0) is 19.1 Å². The summed E-state index contributed by atoms with van der Waals surface area (Å²) >= 11 is 5.57. The second-order valence-corrected chi connectivity index (χ2v) is 2.94. The van der Waals surface area contributed by atoms with Gasteiger partial charge in [-0.25, -0.2) is 0 Å². The van der Waals surface area contributed by atoms with Crippen molar-refractivity contribution in [1.82, 2.24) is 0 Å². The van der Waals surface area contributed by atoms with E-state index in [4.69, 9.17) is 16.3 Å². The minimum absolute atomic E-state index is 0.104. The van der Waals surface area contributed by atoms with Crippen molar-refractivity contribution < 1.29 is 9.53 Å². The van der Waals surface area contributed by atoms with Crippen molar-refractivity contribution in [2.45, 2.75) is 18.4 Å². The Morgan fingerprint density at radius 3 is 2.82 bits per heavy atom. The van der Waals surface area contributed by atoms with Crippen molar-refractivity contribution in [1.29, 1.82) is 0 Å². The van der Waals surface area contributed by atoms with Crippen LogP contribution in [0.5, 0.6) is 0 Å². The third-order valence-electron chi connectivity index (χ3n) is 1.37. The Hall–Kier alpha value is -0.760. The summed E-state index contributed by atoms with van der Waals surface area (Å²) in [5.41, 5.74) is 0. The highest BCUT2D eigenvalue weighted by Crippen LogP contribution is 2.08. The maximum atomic E-state index is 11.2. The Bertz CT molecular complexity index is 206. The highest BCUT2D eigenvalue weighted by atomic mass is 35.5. The molecule has 0 bridgehead atoms. The number of hydrogen-bond donors (Lipinski definition) is 0. The molecule has 2 nitrogen and oxygen atoms in total. The van der Waals surface area contributed by atoms with E-state index >= 15 is 0 Å². The molecule has 0 N–H and O–H groups in total. The Labute approximate surface area is 70.5 Å². The number of ether oxygens (including phenoxy) is 1. The number of alkyl halides is 1. The molecule has 0 saturated carbocycles. The molecule has 3 heteroatoms. The largest absolute Gasteiger partial charge is 0.486 e. The van der Waals surface area contributed by atoms with E-state index in [1.807, 2.05) is 0 Å². The van der Waals surface area contributed by atoms with Crippen LogP contribution in [0.25, 0.3) is 0 Å². The van der Waals surface area contributed by atoms with Crippen LogP contribution in [-0.4, -0.2) is 17.3 Å². The molecule has 0 unspecified atom stereocenters. The highest BCUT2D eigenvalue weighted by Gasteiger charge is 2.20. The van der Waals surface area contributed by atoms with Gasteiger partial charge in [-0.2, -0.15) is 0 Å². The van der Waals surface area contributed by atoms with Crippen molar-refractivity contribution in [3.63, 3.8) is 0 Å². The predicted molar refractivity (Wildman–Crippen MR) is 43.5 cm³/mol. The van der Waals surface area contributed by atoms with E-state index < -0.39 is 11.5 Å². The van der Waals surface area contributed by atoms with E-state index in [-0.39, 0.29) is 5.78 Å². The van der Waals surface area contributed by atoms with E-state index in [1.165, 1.54) is 6.26 Å². The number of allylic oxidation sites excluding steroid dienone is 2. The van der Waals surface area contributed by atoms with Gasteiger partial charge in [0.1, 0.15) is 0 Å². The molecule has 2 atom stereocenters. The number of rotatable bonds is 2. The lowest BCUT2D eigenvalue weighted by Gasteiger charge is -2.14. The van der Waals surface area contributed by atoms with E-state index in [0.717, 1.165) is 0 Å². The first-order valence-electron chi connectivity index (χ1n) is 3.38. The zero-order chi connectivity index (χ0) is 8.27. The van der Waals surface area contributed by atoms with Gasteiger partial charge in [0.05, 0.1) is 11.6 Å². The number of hydrogen-bond acceptors (Lipinski definition) is 2. The fraction of sp³-hybridized carbons (Fsp3) is 0.375. The van der Waals surface area contributed by atoms with Crippen molar-refractivity contribution in [2.75, 3.05) is 0 Å². The molecular formula is C8H9ClO2. The molecule has 0 aromatic rings. The Balaban J connectivity index is 2.55. The summed E-state index contributed by atoms with van der Waals surface area (Å²) in [6.07, 6.45) is 6.17. The van der Waals surface area contributed by atoms with Gasteiger partial charge in [0.15, 0.2) is 11.9 Å². The highest BCUT2D eigenvalue weighted by molar-refractivity contribution is 6.31. The summed E-state index contributed by atoms with van der Waals surface area (Å²) in [4.78, 5) is 11.2. The van der Waals surface area contributed by atoms with Crippen LogP contribution in [0.1, 0.15) is 6.92 Å². The lowest BCUT2D eigenvalue weighted by atomic mass is 10.1. The molecule has 60 valence electrons. The summed E-state index contributed by atoms with van der Waals surface area (Å²) in [5, 5.41) is -0.490. The van der Waals surface area contributed by atoms with Crippen molar-refractivity contribution in [3.05, 3.63) is 24.5 Å². The average molecular weight is 173 g/mol. The van der Waals surface area contributed by atoms with Crippen LogP contribution < -0.4 is 0 Å². The second-order valence-electron chi connectivity index (χ2n) is 2.29. The summed E-state index contributed by atoms with van der Waals surface area (Å²) in [5.74, 6) is -0.104. The number of Topliss-reactive ketones (excluding diaryl/α,β-unsaturated/α-hetero) is 1. The maximum absolute atomic E-state index is 11.2. The van der Waals surface area contributed by atoms with E-state index in [9.17, 15) is 4.79 Å². The molecule has 1 rings (SSSR count). The van der Waals surface area contributed by atoms with Crippen molar-refractivity contribution >= 4 is 17.4 Å². The standard InChI is InChI=1S/C8H9ClO2/c1-6(9)8(10)7-4-2-3-5-11-7/h2-7H,1H3/t6-,7-/m0/s1. The van der Waals surface area contributed by atoms with Gasteiger partial charge in [0, 0.05) is 0 Å². The SMILES string of the molecule is C[C@H](Cl)C(=O)[C@@H]1C=CC=CO1. The van der Waals surface area contributed by atoms with Crippen LogP contribution in [0.4, 0.5) is 0 Å². The lowest BCUT2D eigenvalue weighted by molar-refractivity contribution is -0.124. The minimum Gasteiger partial charge on any atom is -0.486 e. The summed E-state index contributed by atoms with van der Waals surface area (Å²) in [6.45, 7) is 1.64. The molecule has 0 spiro atoms. The van der Waals surface area contributed by atoms with Gasteiger partial charge in [-0.3, -0.25) is 4.79 Å². The number of carbonyl (C=O) groups is 1. The van der Waals surface area contributed by atoms with E-state index in [0.29, 0.717) is 0 Å². The first-order chi connectivity index (χ1) is 5.22. The smallest absolute Gasteiger partial charge is 0.194 e. The molecule has 0 aromatic carbocycles. The maximum Gasteiger partial charge on any atom is 0.194 e. The zero-order valence-electron chi connectivity index (χ0n) is 6.16. The number of carbonyl (C=O) groups excluding carboxylic acids is 1. The Morgan fingerprint density at radius 2 is 2.36 bits per heavy atom. The average Bonchev–Trinajstić information content (AvgIpc) is 2.05. The second kappa shape index (κ2) is 3.58. The van der Waals surface area contributed by atoms with Crippen LogP contribution in [0.2, 0.25) is 0 Å². The molecule has 1 heterocycles. The van der Waals surface area contributed by atoms with Crippen molar-refractivity contribution in [2.24, 2.45) is 0 Å². The lowest BCUT2D eigenvalue weighted by Crippen LogP contribution is -2.27. The molecule has 0 fully saturated rings. The van der Waals surface area contributed by atoms with Gasteiger partial charge in [0.25, 0.3) is 0 Å². The molecule has 0 aliphatic carbocycles. The molecule has 0 aromatic heterocycles. The third-order valence-corrected chi connectivity index (χ3v) is 1.59. The molecule has 11 heavy (non-hydrogen) atoms. The molecule has 0 amide bonds. The molecule has 0 radical (unpaired) electrons. The molecular weight excluding hydrogens is 164 g/mol. The Morgan fingerprint density at radius 1 is 1.64 bits per heavy atom. The number of halogens is 1. The number of ketones is 1. The van der Waals surface area contributed by atoms with Crippen molar-refractivity contribution in [3.8, 4) is 0 Å². The topological polar surface area (TPSA) is 26.3 Å². The summed E-state index contributed by atoms with van der Waals surface area (Å²) < 4.78 is 5.00. The van der Waals surface area contributed by atoms with Gasteiger partial charge >= 0.3 is 0 Å². The van der Waals surface area contributed by atoms with Crippen LogP contribution in [0.3, 0.4) is 0 Å². The fourth-order valence-electron chi connectivity index (χ4n) is 0.774. The first kappa shape index (κ1) is 8.34. The Kier molecular flexibility index (Phi) is 2.71. The third kappa shape index (κ3) is 2.09. The quantitative estimate of drug-likeness (QED) is 0.592. The molecule has 0 saturated heterocycles. The van der Waals surface area contributed by atoms with Gasteiger partial charge in [-0.15, -0.1) is 11.6 Å². The zero-order valence-corrected chi connectivity index (χ0v) is 6.91. The molecule has 1 aliphatic heterocycles. The van der Waals surface area contributed by atoms with Gasteiger partial charge in [-0.1, -0.05) is 6.08 Å². The predicted octanol–water partition coefficient (Wildman–Crippen LogP) is 1.65. The van der Waals surface area contributed by atoms with Gasteiger partial charge in [0.2, 0.25) is 0 Å². The van der Waals surface area contributed by atoms with Crippen LogP contribution in [0, 0.1) is 0 Å². The minimum atomic E-state index is -0.493. The summed E-state index contributed by atoms with van der Waals surface area (Å²) in [7, 11) is 0. The monoisotopic (exact) mass is 172 g/mol. The first-order valence-corrected chi connectivity index (χ1v) is 3.82. The van der Waals surface area contributed by atoms with Gasteiger partial charge < -0.3 is 4.74 Å². The fourth-order valence-corrected chi connectivity index (χ4v) is 0.898. The van der Waals surface area contributed by atoms with Crippen LogP contribution >= 0.6 is 11.6 Å². The van der Waals surface area contributed by atoms with E-state index in [2.05, 4.69) is 0 Å². The van der Waals surface area contributed by atoms with Crippen LogP contribution in [-0.2, 0) is 9.53 Å². The van der Waals surface area contributed by atoms with E-state index in [1.54, 1.807) is 25.2 Å². The summed E-state index contributed by atoms with van der Waals surface area (Å²) in [6, 6.07) is 0. The van der Waals surface area contributed by atoms with Crippen LogP contribution in [0.15, 0.2) is 24.5 Å².